The fourth-order valence-electron chi connectivity index (χ4n) is 2.82. The summed E-state index contributed by atoms with van der Waals surface area (Å²) in [6, 6.07) is 15.7. The van der Waals surface area contributed by atoms with E-state index < -0.39 is 21.7 Å². The summed E-state index contributed by atoms with van der Waals surface area (Å²) < 4.78 is 42.2. The summed E-state index contributed by atoms with van der Waals surface area (Å²) >= 11 is 0. The van der Waals surface area contributed by atoms with Crippen LogP contribution < -0.4 is 10.0 Å². The Hall–Kier alpha value is -3.19. The highest BCUT2D eigenvalue weighted by Gasteiger charge is 2.19. The number of amides is 1. The lowest BCUT2D eigenvalue weighted by molar-refractivity contribution is 0.102. The van der Waals surface area contributed by atoms with Gasteiger partial charge < -0.3 is 5.32 Å². The lowest BCUT2D eigenvalue weighted by Crippen LogP contribution is -2.18. The van der Waals surface area contributed by atoms with Gasteiger partial charge in [-0.2, -0.15) is 0 Å². The smallest absolute Gasteiger partial charge is 0.261 e. The van der Waals surface area contributed by atoms with Gasteiger partial charge in [-0.3, -0.25) is 9.52 Å². The van der Waals surface area contributed by atoms with Crippen molar-refractivity contribution in [3.8, 4) is 0 Å². The molecule has 0 unspecified atom stereocenters. The first kappa shape index (κ1) is 20.5. The molecule has 0 aromatic heterocycles. The molecule has 0 bridgehead atoms. The molecule has 3 aromatic carbocycles. The van der Waals surface area contributed by atoms with Gasteiger partial charge in [0.1, 0.15) is 5.82 Å². The van der Waals surface area contributed by atoms with E-state index in [0.717, 1.165) is 11.1 Å². The number of hydrogen-bond acceptors (Lipinski definition) is 3. The SMILES string of the molecule is Cc1ccc(NC(=O)c2cc(S(=O)(=O)Nc3ccccc3C)ccc2C)c(F)c1. The number of carbonyl (C=O) groups excluding carboxylic acids is 1. The number of sulfonamides is 1. The molecule has 0 atom stereocenters. The average Bonchev–Trinajstić information content (AvgIpc) is 2.66. The topological polar surface area (TPSA) is 75.3 Å². The minimum absolute atomic E-state index is 0.0336. The highest BCUT2D eigenvalue weighted by Crippen LogP contribution is 2.23. The molecule has 3 rings (SSSR count). The van der Waals surface area contributed by atoms with E-state index in [-0.39, 0.29) is 16.1 Å². The predicted octanol–water partition coefficient (Wildman–Crippen LogP) is 4.80. The van der Waals surface area contributed by atoms with Crippen LogP contribution in [-0.4, -0.2) is 14.3 Å². The second-order valence-corrected chi connectivity index (χ2v) is 8.52. The number of carbonyl (C=O) groups is 1. The van der Waals surface area contributed by atoms with Crippen LogP contribution in [0.4, 0.5) is 15.8 Å². The molecule has 0 aliphatic heterocycles. The van der Waals surface area contributed by atoms with Gasteiger partial charge in [0.15, 0.2) is 0 Å². The molecule has 3 aromatic rings. The minimum atomic E-state index is -3.90. The molecule has 1 amide bonds. The Labute approximate surface area is 169 Å². The van der Waals surface area contributed by atoms with Gasteiger partial charge in [0, 0.05) is 5.56 Å². The highest BCUT2D eigenvalue weighted by molar-refractivity contribution is 7.92. The Kier molecular flexibility index (Phi) is 5.70. The first-order valence-electron chi connectivity index (χ1n) is 8.94. The van der Waals surface area contributed by atoms with Crippen molar-refractivity contribution in [2.75, 3.05) is 10.0 Å². The summed E-state index contributed by atoms with van der Waals surface area (Å²) in [5, 5.41) is 2.50. The van der Waals surface area contributed by atoms with Gasteiger partial charge in [-0.1, -0.05) is 30.3 Å². The van der Waals surface area contributed by atoms with Crippen molar-refractivity contribution in [2.45, 2.75) is 25.7 Å². The normalized spacial score (nSPS) is 11.2. The average molecular weight is 412 g/mol. The molecule has 0 radical (unpaired) electrons. The van der Waals surface area contributed by atoms with Crippen molar-refractivity contribution in [3.63, 3.8) is 0 Å². The minimum Gasteiger partial charge on any atom is -0.319 e. The van der Waals surface area contributed by atoms with Crippen LogP contribution in [-0.2, 0) is 10.0 Å². The van der Waals surface area contributed by atoms with Crippen LogP contribution in [0.15, 0.2) is 65.6 Å². The molecular formula is C22H21FN2O3S. The second-order valence-electron chi connectivity index (χ2n) is 6.83. The molecule has 0 aliphatic carbocycles. The van der Waals surface area contributed by atoms with E-state index in [1.165, 1.54) is 24.3 Å². The van der Waals surface area contributed by atoms with E-state index in [0.29, 0.717) is 11.3 Å². The molecule has 2 N–H and O–H groups in total. The van der Waals surface area contributed by atoms with Crippen LogP contribution in [0, 0.1) is 26.6 Å². The second kappa shape index (κ2) is 8.05. The Morgan fingerprint density at radius 3 is 2.28 bits per heavy atom. The van der Waals surface area contributed by atoms with Gasteiger partial charge in [-0.15, -0.1) is 0 Å². The molecule has 0 aliphatic rings. The van der Waals surface area contributed by atoms with Gasteiger partial charge in [0.05, 0.1) is 16.3 Å². The standard InChI is InChI=1S/C22H21FN2O3S/c1-14-8-11-21(19(23)12-14)24-22(26)18-13-17(10-9-15(18)2)29(27,28)25-20-7-5-4-6-16(20)3/h4-13,25H,1-3H3,(H,24,26). The van der Waals surface area contributed by atoms with Crippen LogP contribution >= 0.6 is 0 Å². The summed E-state index contributed by atoms with van der Waals surface area (Å²) in [6.07, 6.45) is 0. The predicted molar refractivity (Wildman–Crippen MR) is 112 cm³/mol. The number of rotatable bonds is 5. The third-order valence-electron chi connectivity index (χ3n) is 4.53. The third kappa shape index (κ3) is 4.63. The van der Waals surface area contributed by atoms with Crippen molar-refractivity contribution < 1.29 is 17.6 Å². The number of para-hydroxylation sites is 1. The van der Waals surface area contributed by atoms with Gasteiger partial charge in [0.2, 0.25) is 0 Å². The van der Waals surface area contributed by atoms with Crippen molar-refractivity contribution in [1.82, 2.24) is 0 Å². The molecule has 29 heavy (non-hydrogen) atoms. The van der Waals surface area contributed by atoms with E-state index in [1.54, 1.807) is 51.1 Å². The Balaban J connectivity index is 1.91. The summed E-state index contributed by atoms with van der Waals surface area (Å²) in [4.78, 5) is 12.6. The first-order chi connectivity index (χ1) is 13.7. The van der Waals surface area contributed by atoms with Crippen molar-refractivity contribution in [2.24, 2.45) is 0 Å². The van der Waals surface area contributed by atoms with Gasteiger partial charge in [0.25, 0.3) is 15.9 Å². The third-order valence-corrected chi connectivity index (χ3v) is 5.89. The van der Waals surface area contributed by atoms with E-state index in [1.807, 2.05) is 6.07 Å². The van der Waals surface area contributed by atoms with Crippen LogP contribution in [0.3, 0.4) is 0 Å². The molecule has 0 fully saturated rings. The Bertz CT molecular complexity index is 1190. The molecule has 0 saturated carbocycles. The fraction of sp³-hybridized carbons (Fsp3) is 0.136. The zero-order chi connectivity index (χ0) is 21.2. The molecule has 0 spiro atoms. The molecule has 0 saturated heterocycles. The maximum absolute atomic E-state index is 14.1. The van der Waals surface area contributed by atoms with E-state index in [2.05, 4.69) is 10.0 Å². The van der Waals surface area contributed by atoms with E-state index >= 15 is 0 Å². The van der Waals surface area contributed by atoms with Crippen LogP contribution in [0.5, 0.6) is 0 Å². The number of hydrogen-bond donors (Lipinski definition) is 2. The molecule has 0 heterocycles. The van der Waals surface area contributed by atoms with E-state index in [4.69, 9.17) is 0 Å². The van der Waals surface area contributed by atoms with E-state index in [9.17, 15) is 17.6 Å². The maximum atomic E-state index is 14.1. The van der Waals surface area contributed by atoms with Gasteiger partial charge >= 0.3 is 0 Å². The number of nitrogens with one attached hydrogen (secondary N) is 2. The number of aryl methyl sites for hydroxylation is 3. The van der Waals surface area contributed by atoms with Gasteiger partial charge in [-0.05, 0) is 67.8 Å². The van der Waals surface area contributed by atoms with Crippen LogP contribution in [0.25, 0.3) is 0 Å². The number of benzene rings is 3. The fourth-order valence-corrected chi connectivity index (χ4v) is 3.97. The van der Waals surface area contributed by atoms with Crippen molar-refractivity contribution >= 4 is 27.3 Å². The molecule has 7 heteroatoms. The summed E-state index contributed by atoms with van der Waals surface area (Å²) in [7, 11) is -3.90. The highest BCUT2D eigenvalue weighted by atomic mass is 32.2. The largest absolute Gasteiger partial charge is 0.319 e. The van der Waals surface area contributed by atoms with Crippen molar-refractivity contribution in [3.05, 3.63) is 88.7 Å². The Morgan fingerprint density at radius 1 is 0.862 bits per heavy atom. The summed E-state index contributed by atoms with van der Waals surface area (Å²) in [5.74, 6) is -1.14. The molecule has 150 valence electrons. The number of anilines is 2. The first-order valence-corrected chi connectivity index (χ1v) is 10.4. The Morgan fingerprint density at radius 2 is 1.59 bits per heavy atom. The quantitative estimate of drug-likeness (QED) is 0.632. The zero-order valence-corrected chi connectivity index (χ0v) is 17.1. The molecule has 5 nitrogen and oxygen atoms in total. The molecular weight excluding hydrogens is 391 g/mol. The number of halogens is 1. The maximum Gasteiger partial charge on any atom is 0.261 e. The summed E-state index contributed by atoms with van der Waals surface area (Å²) in [5.41, 5.74) is 2.72. The summed E-state index contributed by atoms with van der Waals surface area (Å²) in [6.45, 7) is 5.22. The van der Waals surface area contributed by atoms with Crippen molar-refractivity contribution in [1.29, 1.82) is 0 Å². The zero-order valence-electron chi connectivity index (χ0n) is 16.3. The van der Waals surface area contributed by atoms with Gasteiger partial charge in [-0.25, -0.2) is 12.8 Å². The lowest BCUT2D eigenvalue weighted by atomic mass is 10.1. The monoisotopic (exact) mass is 412 g/mol. The van der Waals surface area contributed by atoms with Crippen LogP contribution in [0.1, 0.15) is 27.0 Å². The van der Waals surface area contributed by atoms with Crippen LogP contribution in [0.2, 0.25) is 0 Å². The lowest BCUT2D eigenvalue weighted by Gasteiger charge is -2.13.